The van der Waals surface area contributed by atoms with E-state index in [4.69, 9.17) is 10.8 Å². The Kier molecular flexibility index (Phi) is 3.79. The second kappa shape index (κ2) is 4.67. The minimum absolute atomic E-state index is 0.104. The van der Waals surface area contributed by atoms with E-state index in [1.54, 1.807) is 0 Å². The number of thiophene rings is 1. The van der Waals surface area contributed by atoms with Crippen LogP contribution in [0.5, 0.6) is 0 Å². The number of nitrogens with two attached hydrogens (primary N) is 1. The zero-order valence-corrected chi connectivity index (χ0v) is 11.3. The van der Waals surface area contributed by atoms with Gasteiger partial charge in [0, 0.05) is 0 Å². The van der Waals surface area contributed by atoms with Gasteiger partial charge in [0.15, 0.2) is 0 Å². The number of sulfonamides is 1. The Morgan fingerprint density at radius 3 is 2.33 bits per heavy atom. The van der Waals surface area contributed by atoms with Gasteiger partial charge in [-0.25, -0.2) is 13.2 Å². The van der Waals surface area contributed by atoms with E-state index in [0.29, 0.717) is 11.3 Å². The van der Waals surface area contributed by atoms with Crippen molar-refractivity contribution in [2.45, 2.75) is 23.6 Å². The van der Waals surface area contributed by atoms with Crippen molar-refractivity contribution in [2.75, 3.05) is 0 Å². The number of primary amides is 1. The highest BCUT2D eigenvalue weighted by molar-refractivity contribution is 7.91. The first-order chi connectivity index (χ1) is 8.06. The van der Waals surface area contributed by atoms with E-state index in [-0.39, 0.29) is 9.09 Å². The van der Waals surface area contributed by atoms with Gasteiger partial charge in [0.25, 0.3) is 10.0 Å². The van der Waals surface area contributed by atoms with E-state index in [1.165, 1.54) is 19.9 Å². The first-order valence-corrected chi connectivity index (χ1v) is 7.03. The van der Waals surface area contributed by atoms with Crippen LogP contribution in [0.1, 0.15) is 23.5 Å². The fourth-order valence-electron chi connectivity index (χ4n) is 1.02. The Balaban J connectivity index is 3.07. The van der Waals surface area contributed by atoms with E-state index in [2.05, 4.69) is 4.72 Å². The predicted molar refractivity (Wildman–Crippen MR) is 64.9 cm³/mol. The Hall–Kier alpha value is -1.45. The van der Waals surface area contributed by atoms with E-state index < -0.39 is 27.4 Å². The number of hydrogen-bond donors (Lipinski definition) is 3. The first-order valence-electron chi connectivity index (χ1n) is 4.73. The highest BCUT2D eigenvalue weighted by Crippen LogP contribution is 2.22. The lowest BCUT2D eigenvalue weighted by Crippen LogP contribution is -2.52. The molecule has 0 spiro atoms. The molecule has 0 aromatic carbocycles. The largest absolute Gasteiger partial charge is 0.477 e. The summed E-state index contributed by atoms with van der Waals surface area (Å²) < 4.78 is 25.7. The number of carboxylic acid groups (broad SMARTS) is 1. The standard InChI is InChI=1S/C9H12N2O5S2/c1-9(2,8(10)14)11-18(15,16)6-4-3-5(17-6)7(12)13/h3-4,11H,1-2H3,(H2,10,14)(H,12,13). The molecular formula is C9H12N2O5S2. The SMILES string of the molecule is CC(C)(NS(=O)(=O)c1ccc(C(=O)O)s1)C(N)=O. The fourth-order valence-corrected chi connectivity index (χ4v) is 3.55. The number of carbonyl (C=O) groups excluding carboxylic acids is 1. The van der Waals surface area contributed by atoms with E-state index in [0.717, 1.165) is 6.07 Å². The van der Waals surface area contributed by atoms with Gasteiger partial charge >= 0.3 is 5.97 Å². The van der Waals surface area contributed by atoms with Gasteiger partial charge in [0.2, 0.25) is 5.91 Å². The molecule has 1 aromatic heterocycles. The lowest BCUT2D eigenvalue weighted by molar-refractivity contribution is -0.122. The van der Waals surface area contributed by atoms with E-state index in [1.807, 2.05) is 0 Å². The lowest BCUT2D eigenvalue weighted by atomic mass is 10.1. The molecule has 1 amide bonds. The number of rotatable bonds is 5. The number of hydrogen-bond acceptors (Lipinski definition) is 5. The van der Waals surface area contributed by atoms with Gasteiger partial charge in [-0.2, -0.15) is 4.72 Å². The Morgan fingerprint density at radius 1 is 1.39 bits per heavy atom. The molecule has 9 heteroatoms. The second-order valence-corrected chi connectivity index (χ2v) is 7.01. The highest BCUT2D eigenvalue weighted by Gasteiger charge is 2.32. The van der Waals surface area contributed by atoms with E-state index >= 15 is 0 Å². The summed E-state index contributed by atoms with van der Waals surface area (Å²) in [6, 6.07) is 2.34. The maximum Gasteiger partial charge on any atom is 0.345 e. The van der Waals surface area contributed by atoms with Crippen molar-refractivity contribution in [2.24, 2.45) is 5.73 Å². The molecule has 0 saturated heterocycles. The van der Waals surface area contributed by atoms with Crippen molar-refractivity contribution in [3.63, 3.8) is 0 Å². The van der Waals surface area contributed by atoms with Crippen molar-refractivity contribution < 1.29 is 23.1 Å². The minimum Gasteiger partial charge on any atom is -0.477 e. The van der Waals surface area contributed by atoms with Crippen LogP contribution in [0.4, 0.5) is 0 Å². The number of carboxylic acids is 1. The smallest absolute Gasteiger partial charge is 0.345 e. The number of carbonyl (C=O) groups is 2. The molecule has 0 radical (unpaired) electrons. The maximum absolute atomic E-state index is 11.9. The van der Waals surface area contributed by atoms with Crippen LogP contribution < -0.4 is 10.5 Å². The quantitative estimate of drug-likeness (QED) is 0.703. The average Bonchev–Trinajstić information content (AvgIpc) is 2.64. The number of amides is 1. The molecule has 0 saturated carbocycles. The topological polar surface area (TPSA) is 127 Å². The van der Waals surface area contributed by atoms with Crippen LogP contribution in [-0.2, 0) is 14.8 Å². The van der Waals surface area contributed by atoms with Crippen molar-refractivity contribution in [1.29, 1.82) is 0 Å². The molecule has 4 N–H and O–H groups in total. The number of aromatic carboxylic acids is 1. The zero-order valence-electron chi connectivity index (χ0n) is 9.63. The third kappa shape index (κ3) is 3.06. The molecule has 100 valence electrons. The van der Waals surface area contributed by atoms with Crippen LogP contribution in [0, 0.1) is 0 Å². The van der Waals surface area contributed by atoms with Gasteiger partial charge in [-0.15, -0.1) is 11.3 Å². The molecule has 0 fully saturated rings. The Labute approximate surface area is 108 Å². The van der Waals surface area contributed by atoms with Crippen LogP contribution in [0.25, 0.3) is 0 Å². The molecule has 0 unspecified atom stereocenters. The minimum atomic E-state index is -3.97. The van der Waals surface area contributed by atoms with Gasteiger partial charge in [-0.05, 0) is 26.0 Å². The van der Waals surface area contributed by atoms with Gasteiger partial charge in [-0.1, -0.05) is 0 Å². The highest BCUT2D eigenvalue weighted by atomic mass is 32.2. The summed E-state index contributed by atoms with van der Waals surface area (Å²) in [5.41, 5.74) is 3.60. The molecule has 0 aliphatic heterocycles. The molecule has 0 bridgehead atoms. The van der Waals surface area contributed by atoms with Crippen molar-refractivity contribution in [3.8, 4) is 0 Å². The molecule has 7 nitrogen and oxygen atoms in total. The fraction of sp³-hybridized carbons (Fsp3) is 0.333. The van der Waals surface area contributed by atoms with Crippen LogP contribution >= 0.6 is 11.3 Å². The maximum atomic E-state index is 11.9. The monoisotopic (exact) mass is 292 g/mol. The molecule has 0 aliphatic carbocycles. The summed E-state index contributed by atoms with van der Waals surface area (Å²) in [6.45, 7) is 2.64. The molecule has 1 rings (SSSR count). The summed E-state index contributed by atoms with van der Waals surface area (Å²) in [7, 11) is -3.97. The summed E-state index contributed by atoms with van der Waals surface area (Å²) in [5, 5.41) is 8.71. The Morgan fingerprint density at radius 2 is 1.94 bits per heavy atom. The summed E-state index contributed by atoms with van der Waals surface area (Å²) in [6.07, 6.45) is 0. The summed E-state index contributed by atoms with van der Waals surface area (Å²) in [5.74, 6) is -2.04. The molecule has 1 aromatic rings. The third-order valence-corrected chi connectivity index (χ3v) is 5.28. The van der Waals surface area contributed by atoms with Crippen LogP contribution in [0.2, 0.25) is 0 Å². The van der Waals surface area contributed by atoms with Crippen LogP contribution in [0.15, 0.2) is 16.3 Å². The van der Waals surface area contributed by atoms with Crippen molar-refractivity contribution in [1.82, 2.24) is 4.72 Å². The van der Waals surface area contributed by atoms with Gasteiger partial charge < -0.3 is 10.8 Å². The van der Waals surface area contributed by atoms with Crippen molar-refractivity contribution >= 4 is 33.2 Å². The lowest BCUT2D eigenvalue weighted by Gasteiger charge is -2.21. The summed E-state index contributed by atoms with van der Waals surface area (Å²) >= 11 is 0.598. The van der Waals surface area contributed by atoms with Crippen LogP contribution in [0.3, 0.4) is 0 Å². The first kappa shape index (κ1) is 14.6. The second-order valence-electron chi connectivity index (χ2n) is 4.02. The van der Waals surface area contributed by atoms with Crippen molar-refractivity contribution in [3.05, 3.63) is 17.0 Å². The van der Waals surface area contributed by atoms with E-state index in [9.17, 15) is 18.0 Å². The molecular weight excluding hydrogens is 280 g/mol. The zero-order chi connectivity index (χ0) is 14.1. The van der Waals surface area contributed by atoms with Gasteiger partial charge in [0.1, 0.15) is 14.6 Å². The summed E-state index contributed by atoms with van der Waals surface area (Å²) in [4.78, 5) is 21.6. The molecule has 1 heterocycles. The third-order valence-electron chi connectivity index (χ3n) is 2.06. The normalized spacial score (nSPS) is 12.3. The van der Waals surface area contributed by atoms with Gasteiger partial charge in [-0.3, -0.25) is 4.79 Å². The Bertz CT molecular complexity index is 588. The predicted octanol–water partition coefficient (Wildman–Crippen LogP) is -0.0115. The molecule has 18 heavy (non-hydrogen) atoms. The average molecular weight is 292 g/mol. The van der Waals surface area contributed by atoms with Crippen LogP contribution in [-0.4, -0.2) is 30.9 Å². The van der Waals surface area contributed by atoms with Gasteiger partial charge in [0.05, 0.1) is 0 Å². The molecule has 0 atom stereocenters. The number of nitrogens with one attached hydrogen (secondary N) is 1. The molecule has 0 aliphatic rings.